The van der Waals surface area contributed by atoms with Gasteiger partial charge >= 0.3 is 5.97 Å². The lowest BCUT2D eigenvalue weighted by Crippen LogP contribution is -2.26. The highest BCUT2D eigenvalue weighted by Crippen LogP contribution is 2.28. The van der Waals surface area contributed by atoms with Crippen molar-refractivity contribution in [1.82, 2.24) is 10.3 Å². The van der Waals surface area contributed by atoms with Crippen molar-refractivity contribution in [2.24, 2.45) is 0 Å². The number of nitrogens with zero attached hydrogens (tertiary/aromatic N) is 1. The predicted octanol–water partition coefficient (Wildman–Crippen LogP) is 4.70. The quantitative estimate of drug-likeness (QED) is 0.285. The number of nitriles is 1. The second-order valence-corrected chi connectivity index (χ2v) is 7.52. The van der Waals surface area contributed by atoms with Crippen molar-refractivity contribution in [2.75, 3.05) is 6.54 Å². The highest BCUT2D eigenvalue weighted by atomic mass is 16.4. The molecule has 7 heteroatoms. The number of benzene rings is 2. The van der Waals surface area contributed by atoms with Crippen LogP contribution in [0.25, 0.3) is 28.3 Å². The Balaban J connectivity index is 1.45. The van der Waals surface area contributed by atoms with Gasteiger partial charge in [-0.3, -0.25) is 4.79 Å². The average Bonchev–Trinajstić information content (AvgIpc) is 3.44. The zero-order chi connectivity index (χ0) is 23.4. The van der Waals surface area contributed by atoms with Gasteiger partial charge in [0.15, 0.2) is 0 Å². The van der Waals surface area contributed by atoms with Crippen molar-refractivity contribution in [2.45, 2.75) is 13.3 Å². The first-order valence-electron chi connectivity index (χ1n) is 10.4. The lowest BCUT2D eigenvalue weighted by atomic mass is 10.0. The van der Waals surface area contributed by atoms with Gasteiger partial charge in [0, 0.05) is 35.3 Å². The second kappa shape index (κ2) is 9.28. The number of hydrogen-bond acceptors (Lipinski definition) is 4. The molecule has 0 fully saturated rings. The molecule has 4 aromatic rings. The van der Waals surface area contributed by atoms with Crippen LogP contribution in [-0.2, 0) is 11.2 Å². The molecular weight excluding hydrogens is 418 g/mol. The maximum absolute atomic E-state index is 12.5. The third-order valence-corrected chi connectivity index (χ3v) is 5.46. The Morgan fingerprint density at radius 3 is 2.76 bits per heavy atom. The van der Waals surface area contributed by atoms with E-state index in [9.17, 15) is 20.0 Å². The Labute approximate surface area is 190 Å². The zero-order valence-corrected chi connectivity index (χ0v) is 17.9. The lowest BCUT2D eigenvalue weighted by molar-refractivity contribution is -0.117. The highest BCUT2D eigenvalue weighted by Gasteiger charge is 2.15. The number of nitrogens with one attached hydrogen (secondary N) is 2. The van der Waals surface area contributed by atoms with Crippen LogP contribution in [0, 0.1) is 18.3 Å². The summed E-state index contributed by atoms with van der Waals surface area (Å²) in [4.78, 5) is 27.1. The van der Waals surface area contributed by atoms with Crippen LogP contribution >= 0.6 is 0 Å². The van der Waals surface area contributed by atoms with Crippen LogP contribution in [0.5, 0.6) is 0 Å². The van der Waals surface area contributed by atoms with Crippen LogP contribution in [0.4, 0.5) is 0 Å². The number of carboxylic acids is 1. The summed E-state index contributed by atoms with van der Waals surface area (Å²) in [5.41, 5.74) is 3.44. The molecule has 1 amide bonds. The van der Waals surface area contributed by atoms with Crippen molar-refractivity contribution < 1.29 is 19.1 Å². The van der Waals surface area contributed by atoms with E-state index in [1.54, 1.807) is 31.2 Å². The normalized spacial score (nSPS) is 11.3. The van der Waals surface area contributed by atoms with Crippen LogP contribution < -0.4 is 5.32 Å². The molecule has 2 aromatic carbocycles. The Hall–Kier alpha value is -4.57. The van der Waals surface area contributed by atoms with Gasteiger partial charge in [0.25, 0.3) is 5.91 Å². The molecule has 2 heterocycles. The molecule has 0 radical (unpaired) electrons. The first kappa shape index (κ1) is 21.7. The summed E-state index contributed by atoms with van der Waals surface area (Å²) in [5, 5.41) is 22.7. The minimum absolute atomic E-state index is 0.0779. The minimum Gasteiger partial charge on any atom is -0.478 e. The number of aromatic nitrogens is 1. The summed E-state index contributed by atoms with van der Waals surface area (Å²) < 4.78 is 5.77. The molecule has 0 bridgehead atoms. The number of aromatic amines is 1. The monoisotopic (exact) mass is 439 g/mol. The van der Waals surface area contributed by atoms with Crippen LogP contribution in [0.3, 0.4) is 0 Å². The molecular formula is C26H21N3O4. The van der Waals surface area contributed by atoms with Crippen molar-refractivity contribution in [1.29, 1.82) is 5.26 Å². The Kier molecular flexibility index (Phi) is 6.09. The van der Waals surface area contributed by atoms with Gasteiger partial charge < -0.3 is 19.8 Å². The molecule has 0 unspecified atom stereocenters. The van der Waals surface area contributed by atoms with Crippen LogP contribution in [-0.4, -0.2) is 28.5 Å². The van der Waals surface area contributed by atoms with Gasteiger partial charge in [0.05, 0.1) is 5.56 Å². The Morgan fingerprint density at radius 2 is 1.97 bits per heavy atom. The number of fused-ring (bicyclic) bond motifs is 1. The summed E-state index contributed by atoms with van der Waals surface area (Å²) in [7, 11) is 0. The molecule has 0 aliphatic heterocycles. The van der Waals surface area contributed by atoms with Gasteiger partial charge in [-0.15, -0.1) is 0 Å². The van der Waals surface area contributed by atoms with Crippen molar-refractivity contribution in [3.8, 4) is 17.4 Å². The number of carbonyl (C=O) groups is 2. The van der Waals surface area contributed by atoms with Gasteiger partial charge in [0.2, 0.25) is 0 Å². The molecule has 0 aliphatic carbocycles. The van der Waals surface area contributed by atoms with Crippen molar-refractivity contribution in [3.05, 3.63) is 88.8 Å². The van der Waals surface area contributed by atoms with Gasteiger partial charge in [-0.2, -0.15) is 5.26 Å². The zero-order valence-electron chi connectivity index (χ0n) is 17.9. The number of rotatable bonds is 7. The summed E-state index contributed by atoms with van der Waals surface area (Å²) in [5.74, 6) is -0.719. The number of para-hydroxylation sites is 1. The Morgan fingerprint density at radius 1 is 1.15 bits per heavy atom. The maximum atomic E-state index is 12.5. The fourth-order valence-electron chi connectivity index (χ4n) is 3.74. The first-order valence-corrected chi connectivity index (χ1v) is 10.4. The fourth-order valence-corrected chi connectivity index (χ4v) is 3.74. The maximum Gasteiger partial charge on any atom is 0.335 e. The second-order valence-electron chi connectivity index (χ2n) is 7.52. The largest absolute Gasteiger partial charge is 0.478 e. The molecule has 0 spiro atoms. The predicted molar refractivity (Wildman–Crippen MR) is 124 cm³/mol. The minimum atomic E-state index is -1.02. The van der Waals surface area contributed by atoms with Crippen molar-refractivity contribution >= 4 is 28.9 Å². The van der Waals surface area contributed by atoms with E-state index < -0.39 is 11.9 Å². The van der Waals surface area contributed by atoms with E-state index in [2.05, 4.69) is 10.3 Å². The highest BCUT2D eigenvalue weighted by molar-refractivity contribution is 6.01. The van der Waals surface area contributed by atoms with Gasteiger partial charge in [-0.1, -0.05) is 30.3 Å². The molecule has 0 saturated carbocycles. The lowest BCUT2D eigenvalue weighted by Gasteiger charge is -2.06. The van der Waals surface area contributed by atoms with Gasteiger partial charge in [0.1, 0.15) is 23.2 Å². The van der Waals surface area contributed by atoms with Gasteiger partial charge in [-0.25, -0.2) is 4.79 Å². The standard InChI is InChI=1S/C26H21N3O4/c1-16-20(6-4-7-21(16)26(31)32)24-10-9-19(33-24)13-18(14-27)25(30)28-12-11-17-15-29-23-8-3-2-5-22(17)23/h2-10,13,15,29H,11-12H2,1H3,(H,28,30)(H,31,32)/b18-13-. The number of amides is 1. The molecule has 2 aromatic heterocycles. The average molecular weight is 439 g/mol. The number of furan rings is 1. The van der Waals surface area contributed by atoms with E-state index in [1.807, 2.05) is 36.5 Å². The molecule has 3 N–H and O–H groups in total. The Bertz CT molecular complexity index is 1420. The smallest absolute Gasteiger partial charge is 0.335 e. The molecule has 0 atom stereocenters. The number of H-pyrrole nitrogens is 1. The number of aromatic carboxylic acids is 1. The number of hydrogen-bond donors (Lipinski definition) is 3. The number of carbonyl (C=O) groups excluding carboxylic acids is 1. The number of carboxylic acid groups (broad SMARTS) is 1. The third-order valence-electron chi connectivity index (χ3n) is 5.46. The summed E-state index contributed by atoms with van der Waals surface area (Å²) in [6, 6.07) is 18.1. The van der Waals surface area contributed by atoms with E-state index in [4.69, 9.17) is 4.42 Å². The van der Waals surface area contributed by atoms with E-state index in [0.29, 0.717) is 35.6 Å². The third kappa shape index (κ3) is 4.55. The molecule has 7 nitrogen and oxygen atoms in total. The van der Waals surface area contributed by atoms with Crippen LogP contribution in [0.15, 0.2) is 70.8 Å². The fraction of sp³-hybridized carbons (Fsp3) is 0.115. The van der Waals surface area contributed by atoms with E-state index in [0.717, 1.165) is 16.5 Å². The van der Waals surface area contributed by atoms with Crippen molar-refractivity contribution in [3.63, 3.8) is 0 Å². The van der Waals surface area contributed by atoms with E-state index in [1.165, 1.54) is 12.1 Å². The molecule has 4 rings (SSSR count). The summed E-state index contributed by atoms with van der Waals surface area (Å²) in [6.45, 7) is 2.09. The molecule has 164 valence electrons. The van der Waals surface area contributed by atoms with E-state index >= 15 is 0 Å². The van der Waals surface area contributed by atoms with E-state index in [-0.39, 0.29) is 11.1 Å². The summed E-state index contributed by atoms with van der Waals surface area (Å²) >= 11 is 0. The molecule has 33 heavy (non-hydrogen) atoms. The SMILES string of the molecule is Cc1c(C(=O)O)cccc1-c1ccc(/C=C(/C#N)C(=O)NCCc2c[nH]c3ccccc23)o1. The first-order chi connectivity index (χ1) is 16.0. The van der Waals surface area contributed by atoms with Crippen LogP contribution in [0.2, 0.25) is 0 Å². The molecule has 0 saturated heterocycles. The summed E-state index contributed by atoms with van der Waals surface area (Å²) in [6.07, 6.45) is 3.92. The topological polar surface area (TPSA) is 119 Å². The molecule has 0 aliphatic rings. The van der Waals surface area contributed by atoms with Crippen LogP contribution in [0.1, 0.15) is 27.2 Å². The van der Waals surface area contributed by atoms with Gasteiger partial charge in [-0.05, 0) is 48.7 Å².